The van der Waals surface area contributed by atoms with Gasteiger partial charge >= 0.3 is 0 Å². The van der Waals surface area contributed by atoms with E-state index in [0.29, 0.717) is 23.3 Å². The number of halogens is 1. The lowest BCUT2D eigenvalue weighted by Gasteiger charge is -2.08. The molecule has 0 spiro atoms. The molecule has 0 radical (unpaired) electrons. The zero-order valence-corrected chi connectivity index (χ0v) is 9.62. The van der Waals surface area contributed by atoms with Crippen molar-refractivity contribution in [3.05, 3.63) is 28.5 Å². The molecule has 2 aromatic heterocycles. The van der Waals surface area contributed by atoms with Gasteiger partial charge in [0.25, 0.3) is 0 Å². The van der Waals surface area contributed by atoms with E-state index in [-0.39, 0.29) is 0 Å². The number of hydrogen-bond acceptors (Lipinski definition) is 6. The molecule has 0 unspecified atom stereocenters. The van der Waals surface area contributed by atoms with Crippen LogP contribution in [0.1, 0.15) is 17.0 Å². The summed E-state index contributed by atoms with van der Waals surface area (Å²) in [7, 11) is 0. The fourth-order valence-corrected chi connectivity index (χ4v) is 1.36. The number of aromatic nitrogens is 4. The van der Waals surface area contributed by atoms with Gasteiger partial charge in [-0.25, -0.2) is 0 Å². The van der Waals surface area contributed by atoms with E-state index in [2.05, 4.69) is 30.2 Å². The lowest BCUT2D eigenvalue weighted by atomic mass is 10.2. The quantitative estimate of drug-likeness (QED) is 0.879. The van der Waals surface area contributed by atoms with Crippen LogP contribution in [0.4, 0.5) is 5.82 Å². The van der Waals surface area contributed by atoms with E-state index in [4.69, 9.17) is 11.6 Å². The fourth-order valence-electron chi connectivity index (χ4n) is 1.18. The van der Waals surface area contributed by atoms with Crippen LogP contribution in [-0.2, 0) is 6.54 Å². The minimum absolute atomic E-state index is 0.419. The molecule has 0 aliphatic heterocycles. The molecule has 16 heavy (non-hydrogen) atoms. The first-order valence-corrected chi connectivity index (χ1v) is 5.04. The van der Waals surface area contributed by atoms with Crippen LogP contribution in [0.15, 0.2) is 10.9 Å². The molecule has 1 N–H and O–H groups in total. The van der Waals surface area contributed by atoms with Gasteiger partial charge in [0.15, 0.2) is 16.8 Å². The molecule has 0 atom stereocenters. The summed E-state index contributed by atoms with van der Waals surface area (Å²) in [6.45, 7) is 4.26. The summed E-state index contributed by atoms with van der Waals surface area (Å²) in [5, 5.41) is 15.0. The van der Waals surface area contributed by atoms with Crippen molar-refractivity contribution in [3.8, 4) is 0 Å². The van der Waals surface area contributed by atoms with Crippen LogP contribution >= 0.6 is 11.6 Å². The molecule has 0 fully saturated rings. The van der Waals surface area contributed by atoms with E-state index in [9.17, 15) is 0 Å². The fraction of sp³-hybridized carbons (Fsp3) is 0.333. The molecule has 0 aliphatic rings. The van der Waals surface area contributed by atoms with Crippen LogP contribution in [0.5, 0.6) is 0 Å². The van der Waals surface area contributed by atoms with E-state index >= 15 is 0 Å². The van der Waals surface area contributed by atoms with Gasteiger partial charge in [0.1, 0.15) is 0 Å². The summed E-state index contributed by atoms with van der Waals surface area (Å²) in [4.78, 5) is 3.89. The predicted octanol–water partition coefficient (Wildman–Crippen LogP) is 1.74. The largest absolute Gasteiger partial charge is 0.361 e. The van der Waals surface area contributed by atoms with Gasteiger partial charge in [0.2, 0.25) is 6.39 Å². The van der Waals surface area contributed by atoms with Gasteiger partial charge in [-0.15, -0.1) is 10.2 Å². The molecule has 6 nitrogen and oxygen atoms in total. The molecule has 2 rings (SSSR count). The zero-order valence-electron chi connectivity index (χ0n) is 8.86. The maximum Gasteiger partial charge on any atom is 0.213 e. The third-order valence-electron chi connectivity index (χ3n) is 2.29. The van der Waals surface area contributed by atoms with Crippen molar-refractivity contribution in [2.45, 2.75) is 20.4 Å². The molecule has 2 heterocycles. The molecule has 0 amide bonds. The van der Waals surface area contributed by atoms with Crippen LogP contribution in [0, 0.1) is 13.8 Å². The summed E-state index contributed by atoms with van der Waals surface area (Å²) in [6, 6.07) is 0. The third-order valence-corrected chi connectivity index (χ3v) is 2.64. The minimum atomic E-state index is 0.419. The Bertz CT molecular complexity index is 485. The van der Waals surface area contributed by atoms with Crippen molar-refractivity contribution in [3.63, 3.8) is 0 Å². The van der Waals surface area contributed by atoms with Gasteiger partial charge in [-0.3, -0.25) is 0 Å². The molecule has 0 aromatic carbocycles. The molecule has 84 valence electrons. The lowest BCUT2D eigenvalue weighted by Crippen LogP contribution is -2.07. The number of nitrogens with one attached hydrogen (secondary N) is 1. The normalized spacial score (nSPS) is 10.4. The van der Waals surface area contributed by atoms with E-state index < -0.39 is 0 Å². The highest BCUT2D eigenvalue weighted by molar-refractivity contribution is 6.30. The first-order chi connectivity index (χ1) is 7.68. The van der Waals surface area contributed by atoms with Gasteiger partial charge in [0, 0.05) is 0 Å². The summed E-state index contributed by atoms with van der Waals surface area (Å²) in [6.07, 6.45) is 1.28. The summed E-state index contributed by atoms with van der Waals surface area (Å²) < 4.78 is 4.62. The number of rotatable bonds is 3. The summed E-state index contributed by atoms with van der Waals surface area (Å²) in [5.74, 6) is 1.24. The predicted molar refractivity (Wildman–Crippen MR) is 58.1 cm³/mol. The average Bonchev–Trinajstić information content (AvgIpc) is 2.78. The SMILES string of the molecule is Cc1c(Cl)nnc(NCc2ncon2)c1C. The second kappa shape index (κ2) is 4.44. The maximum absolute atomic E-state index is 5.84. The van der Waals surface area contributed by atoms with Crippen LogP contribution in [0.3, 0.4) is 0 Å². The molecule has 7 heteroatoms. The van der Waals surface area contributed by atoms with Gasteiger partial charge in [-0.05, 0) is 25.0 Å². The Kier molecular flexibility index (Phi) is 3.00. The van der Waals surface area contributed by atoms with Gasteiger partial charge in [0.05, 0.1) is 6.54 Å². The first-order valence-electron chi connectivity index (χ1n) is 4.67. The van der Waals surface area contributed by atoms with Gasteiger partial charge in [-0.1, -0.05) is 16.8 Å². The van der Waals surface area contributed by atoms with Crippen LogP contribution in [-0.4, -0.2) is 20.3 Å². The Morgan fingerprint density at radius 1 is 1.31 bits per heavy atom. The molecular formula is C9H10ClN5O. The molecule has 2 aromatic rings. The highest BCUT2D eigenvalue weighted by Crippen LogP contribution is 2.20. The highest BCUT2D eigenvalue weighted by Gasteiger charge is 2.08. The second-order valence-electron chi connectivity index (χ2n) is 3.29. The topological polar surface area (TPSA) is 76.7 Å². The lowest BCUT2D eigenvalue weighted by molar-refractivity contribution is 0.411. The molecule has 0 bridgehead atoms. The third kappa shape index (κ3) is 2.11. The molecule has 0 aliphatic carbocycles. The first kappa shape index (κ1) is 10.8. The summed E-state index contributed by atoms with van der Waals surface area (Å²) in [5.41, 5.74) is 1.87. The van der Waals surface area contributed by atoms with Gasteiger partial charge < -0.3 is 9.84 Å². The van der Waals surface area contributed by atoms with Crippen molar-refractivity contribution in [1.29, 1.82) is 0 Å². The molecular weight excluding hydrogens is 230 g/mol. The van der Waals surface area contributed by atoms with E-state index in [1.54, 1.807) is 0 Å². The van der Waals surface area contributed by atoms with Crippen molar-refractivity contribution in [2.24, 2.45) is 0 Å². The second-order valence-corrected chi connectivity index (χ2v) is 3.65. The Hall–Kier alpha value is -1.69. The maximum atomic E-state index is 5.84. The minimum Gasteiger partial charge on any atom is -0.361 e. The monoisotopic (exact) mass is 239 g/mol. The number of nitrogens with zero attached hydrogens (tertiary/aromatic N) is 4. The van der Waals surface area contributed by atoms with Crippen LogP contribution in [0.2, 0.25) is 5.15 Å². The zero-order chi connectivity index (χ0) is 11.5. The van der Waals surface area contributed by atoms with E-state index in [0.717, 1.165) is 11.1 Å². The van der Waals surface area contributed by atoms with Crippen molar-refractivity contribution >= 4 is 17.4 Å². The van der Waals surface area contributed by atoms with E-state index in [1.165, 1.54) is 6.39 Å². The Morgan fingerprint density at radius 3 is 2.81 bits per heavy atom. The Morgan fingerprint density at radius 2 is 2.12 bits per heavy atom. The molecule has 0 saturated carbocycles. The van der Waals surface area contributed by atoms with Crippen LogP contribution in [0.25, 0.3) is 0 Å². The van der Waals surface area contributed by atoms with Crippen molar-refractivity contribution in [1.82, 2.24) is 20.3 Å². The van der Waals surface area contributed by atoms with Crippen LogP contribution < -0.4 is 5.32 Å². The molecule has 0 saturated heterocycles. The summed E-state index contributed by atoms with van der Waals surface area (Å²) >= 11 is 5.84. The average molecular weight is 240 g/mol. The number of hydrogen-bond donors (Lipinski definition) is 1. The standard InChI is InChI=1S/C9H10ClN5O/c1-5-6(2)9(14-13-8(5)10)11-3-7-12-4-16-15-7/h4H,3H2,1-2H3,(H,11,14). The highest BCUT2D eigenvalue weighted by atomic mass is 35.5. The number of anilines is 1. The smallest absolute Gasteiger partial charge is 0.213 e. The van der Waals surface area contributed by atoms with E-state index in [1.807, 2.05) is 13.8 Å². The van der Waals surface area contributed by atoms with Crippen molar-refractivity contribution in [2.75, 3.05) is 5.32 Å². The van der Waals surface area contributed by atoms with Gasteiger partial charge in [-0.2, -0.15) is 4.98 Å². The Labute approximate surface area is 97.0 Å². The Balaban J connectivity index is 2.13. The van der Waals surface area contributed by atoms with Crippen molar-refractivity contribution < 1.29 is 4.52 Å².